The van der Waals surface area contributed by atoms with Gasteiger partial charge >= 0.3 is 18.0 Å². The second-order valence-corrected chi connectivity index (χ2v) is 18.7. The number of alkyl halides is 1. The van der Waals surface area contributed by atoms with Crippen LogP contribution in [0.1, 0.15) is 70.1 Å². The van der Waals surface area contributed by atoms with Crippen LogP contribution in [0.4, 0.5) is 4.79 Å². The number of nitrogens with one attached hydrogen (secondary N) is 1. The summed E-state index contributed by atoms with van der Waals surface area (Å²) < 4.78 is 18.3. The van der Waals surface area contributed by atoms with Crippen LogP contribution in [0.25, 0.3) is 22.3 Å². The largest absolute Gasteiger partial charge is 0.457 e. The Labute approximate surface area is 274 Å². The maximum Gasteiger partial charge on any atom is 0.407 e. The van der Waals surface area contributed by atoms with Crippen molar-refractivity contribution in [3.8, 4) is 11.4 Å². The molecule has 0 saturated carbocycles. The lowest BCUT2D eigenvalue weighted by atomic mass is 9.85. The van der Waals surface area contributed by atoms with Gasteiger partial charge in [-0.3, -0.25) is 9.59 Å². The molecule has 0 aliphatic carbocycles. The van der Waals surface area contributed by atoms with Gasteiger partial charge in [0.25, 0.3) is 5.56 Å². The molecule has 5 rings (SSSR count). The lowest BCUT2D eigenvalue weighted by Crippen LogP contribution is -2.47. The first-order valence-electron chi connectivity index (χ1n) is 15.8. The molecule has 46 heavy (non-hydrogen) atoms. The topological polar surface area (TPSA) is 126 Å². The number of amides is 1. The third kappa shape index (κ3) is 6.31. The van der Waals surface area contributed by atoms with Crippen molar-refractivity contribution in [1.82, 2.24) is 14.9 Å². The Bertz CT molecular complexity index is 1760. The highest BCUT2D eigenvalue weighted by Crippen LogP contribution is 2.41. The van der Waals surface area contributed by atoms with Crippen LogP contribution < -0.4 is 16.1 Å². The number of benzene rings is 1. The van der Waals surface area contributed by atoms with Crippen molar-refractivity contribution < 1.29 is 28.6 Å². The number of rotatable bonds is 10. The third-order valence-corrected chi connectivity index (χ3v) is 12.5. The first-order valence-corrected chi connectivity index (χ1v) is 19.6. The molecule has 246 valence electrons. The number of halogens is 1. The molecule has 1 unspecified atom stereocenters. The van der Waals surface area contributed by atoms with Crippen LogP contribution >= 0.6 is 11.6 Å². The molecule has 2 aromatic heterocycles. The Morgan fingerprint density at radius 1 is 1.15 bits per heavy atom. The first kappa shape index (κ1) is 33.7. The highest BCUT2D eigenvalue weighted by molar-refractivity contribution is 6.91. The molecule has 1 N–H and O–H groups in total. The lowest BCUT2D eigenvalue weighted by Gasteiger charge is -2.35. The fourth-order valence-corrected chi connectivity index (χ4v) is 10.2. The number of nitrogens with zero attached hydrogens (tertiary/aromatic N) is 2. The maximum absolute atomic E-state index is 14.1. The number of carbonyl (C=O) groups is 3. The summed E-state index contributed by atoms with van der Waals surface area (Å²) in [4.78, 5) is 57.7. The zero-order valence-electron chi connectivity index (χ0n) is 27.4. The summed E-state index contributed by atoms with van der Waals surface area (Å²) >= 11 is 6.12. The molecule has 4 heterocycles. The minimum absolute atomic E-state index is 0.0637. The summed E-state index contributed by atoms with van der Waals surface area (Å²) in [5.74, 6) is -0.774. The minimum atomic E-state index is -2.04. The fourth-order valence-electron chi connectivity index (χ4n) is 6.57. The van der Waals surface area contributed by atoms with Crippen LogP contribution in [0.5, 0.6) is 0 Å². The first-order chi connectivity index (χ1) is 21.7. The van der Waals surface area contributed by atoms with E-state index in [-0.39, 0.29) is 38.0 Å². The monoisotopic (exact) mass is 667 g/mol. The van der Waals surface area contributed by atoms with E-state index in [1.165, 1.54) is 5.19 Å². The number of alkyl carbamates (subject to hydrolysis) is 1. The average molecular weight is 668 g/mol. The SMILES string of the molecule is CCC1(OC(=O)CCCNC(=O)OC(C)(C)C)C(=O)OCc2c1cc1n(c2=O)Cc2c-1nc1ccccc1c2[Si](C)(C)CCCCl. The molecule has 1 aromatic carbocycles. The Balaban J connectivity index is 1.51. The van der Waals surface area contributed by atoms with E-state index in [9.17, 15) is 19.2 Å². The van der Waals surface area contributed by atoms with Crippen LogP contribution in [0, 0.1) is 0 Å². The van der Waals surface area contributed by atoms with Gasteiger partial charge < -0.3 is 24.1 Å². The molecule has 1 amide bonds. The average Bonchev–Trinajstić information content (AvgIpc) is 3.35. The Morgan fingerprint density at radius 2 is 1.89 bits per heavy atom. The van der Waals surface area contributed by atoms with E-state index in [0.29, 0.717) is 34.9 Å². The highest BCUT2D eigenvalue weighted by Gasteiger charge is 2.50. The van der Waals surface area contributed by atoms with Gasteiger partial charge in [-0.25, -0.2) is 14.6 Å². The molecule has 3 aromatic rings. The van der Waals surface area contributed by atoms with Crippen molar-refractivity contribution in [1.29, 1.82) is 0 Å². The van der Waals surface area contributed by atoms with E-state index >= 15 is 0 Å². The Kier molecular flexibility index (Phi) is 9.39. The Hall–Kier alpha value is -3.70. The molecule has 2 aliphatic heterocycles. The standard InChI is InChI=1S/C34H42ClN3O7Si/c1-7-34(44-27(39)14-10-16-36-32(42)45-33(2,3)4)24-18-26-28-22(19-38(26)30(40)23(24)20-43-31(34)41)29(46(5,6)17-11-15-35)21-12-8-9-13-25(21)37-28/h8-9,12-13,18H,7,10-11,14-17,19-20H2,1-6H3,(H,36,42). The summed E-state index contributed by atoms with van der Waals surface area (Å²) in [5, 5.41) is 4.97. The smallest absolute Gasteiger partial charge is 0.407 e. The Morgan fingerprint density at radius 3 is 2.59 bits per heavy atom. The van der Waals surface area contributed by atoms with Crippen LogP contribution in [0.2, 0.25) is 19.1 Å². The molecule has 12 heteroatoms. The molecule has 0 radical (unpaired) electrons. The van der Waals surface area contributed by atoms with Crippen LogP contribution in [0.15, 0.2) is 35.1 Å². The van der Waals surface area contributed by atoms with Crippen LogP contribution in [-0.2, 0) is 42.6 Å². The normalized spacial score (nSPS) is 17.2. The minimum Gasteiger partial charge on any atom is -0.457 e. The van der Waals surface area contributed by atoms with Gasteiger partial charge in [0.2, 0.25) is 5.60 Å². The summed E-state index contributed by atoms with van der Waals surface area (Å²) in [6, 6.07) is 10.8. The zero-order valence-corrected chi connectivity index (χ0v) is 29.1. The number of ether oxygens (including phenoxy) is 3. The van der Waals surface area contributed by atoms with Crippen molar-refractivity contribution >= 4 is 53.8 Å². The van der Waals surface area contributed by atoms with Crippen LogP contribution in [0.3, 0.4) is 0 Å². The van der Waals surface area contributed by atoms with Gasteiger partial charge in [0.15, 0.2) is 0 Å². The van der Waals surface area contributed by atoms with E-state index < -0.39 is 37.3 Å². The number of esters is 2. The van der Waals surface area contributed by atoms with Crippen molar-refractivity contribution in [3.63, 3.8) is 0 Å². The van der Waals surface area contributed by atoms with Crippen molar-refractivity contribution in [2.24, 2.45) is 0 Å². The summed E-state index contributed by atoms with van der Waals surface area (Å²) in [6.45, 7) is 12.0. The summed E-state index contributed by atoms with van der Waals surface area (Å²) in [6.07, 6.45) is 0.592. The summed E-state index contributed by atoms with van der Waals surface area (Å²) in [5.41, 5.74) is 1.09. The maximum atomic E-state index is 14.1. The third-order valence-electron chi connectivity index (χ3n) is 8.69. The number of cyclic esters (lactones) is 1. The predicted molar refractivity (Wildman–Crippen MR) is 179 cm³/mol. The van der Waals surface area contributed by atoms with E-state index in [2.05, 4.69) is 24.5 Å². The lowest BCUT2D eigenvalue weighted by molar-refractivity contribution is -0.189. The van der Waals surface area contributed by atoms with Gasteiger partial charge in [0.05, 0.1) is 37.1 Å². The van der Waals surface area contributed by atoms with Gasteiger partial charge in [-0.05, 0) is 68.3 Å². The molecular formula is C34H42ClN3O7Si. The van der Waals surface area contributed by atoms with Gasteiger partial charge in [0.1, 0.15) is 12.2 Å². The van der Waals surface area contributed by atoms with E-state index in [1.54, 1.807) is 38.3 Å². The van der Waals surface area contributed by atoms with Gasteiger partial charge in [-0.2, -0.15) is 0 Å². The van der Waals surface area contributed by atoms with Crippen molar-refractivity contribution in [2.45, 2.75) is 96.9 Å². The molecular weight excluding hydrogens is 626 g/mol. The molecule has 2 aliphatic rings. The van der Waals surface area contributed by atoms with Gasteiger partial charge in [-0.1, -0.05) is 44.3 Å². The highest BCUT2D eigenvalue weighted by atomic mass is 35.5. The fraction of sp³-hybridized carbons (Fsp3) is 0.500. The second kappa shape index (κ2) is 12.8. The molecule has 0 spiro atoms. The number of para-hydroxylation sites is 1. The van der Waals surface area contributed by atoms with Crippen LogP contribution in [-0.4, -0.2) is 53.7 Å². The van der Waals surface area contributed by atoms with E-state index in [4.69, 9.17) is 30.8 Å². The zero-order chi connectivity index (χ0) is 33.4. The second-order valence-electron chi connectivity index (χ2n) is 13.6. The number of hydrogen-bond donors (Lipinski definition) is 1. The van der Waals surface area contributed by atoms with Crippen molar-refractivity contribution in [2.75, 3.05) is 12.4 Å². The summed E-state index contributed by atoms with van der Waals surface area (Å²) in [7, 11) is -2.04. The van der Waals surface area contributed by atoms with Gasteiger partial charge in [0, 0.05) is 24.4 Å². The molecule has 0 bridgehead atoms. The van der Waals surface area contributed by atoms with Crippen molar-refractivity contribution in [3.05, 3.63) is 57.4 Å². The number of carbonyl (C=O) groups excluding carboxylic acids is 3. The van der Waals surface area contributed by atoms with Gasteiger partial charge in [-0.15, -0.1) is 11.6 Å². The quantitative estimate of drug-likeness (QED) is 0.0775. The molecule has 10 nitrogen and oxygen atoms in total. The number of hydrogen-bond acceptors (Lipinski definition) is 8. The predicted octanol–water partition coefficient (Wildman–Crippen LogP) is 5.48. The van der Waals surface area contributed by atoms with E-state index in [0.717, 1.165) is 28.9 Å². The number of pyridine rings is 2. The number of aromatic nitrogens is 2. The number of fused-ring (bicyclic) bond motifs is 5. The molecule has 0 saturated heterocycles. The van der Waals surface area contributed by atoms with E-state index in [1.807, 2.05) is 18.2 Å². The molecule has 1 atom stereocenters. The molecule has 0 fully saturated rings.